The number of rotatable bonds is 4. The summed E-state index contributed by atoms with van der Waals surface area (Å²) in [4.78, 5) is 19.4. The number of nitrogens with zero attached hydrogens (tertiary/aromatic N) is 2. The average Bonchev–Trinajstić information content (AvgIpc) is 3.21. The zero-order chi connectivity index (χ0) is 18.6. The Morgan fingerprint density at radius 1 is 1.11 bits per heavy atom. The van der Waals surface area contributed by atoms with E-state index in [2.05, 4.69) is 20.5 Å². The molecule has 0 saturated carbocycles. The molecule has 2 aromatic carbocycles. The molecule has 0 spiro atoms. The van der Waals surface area contributed by atoms with Crippen LogP contribution in [0.3, 0.4) is 0 Å². The highest BCUT2D eigenvalue weighted by molar-refractivity contribution is 7.12. The van der Waals surface area contributed by atoms with Crippen molar-refractivity contribution in [2.75, 3.05) is 42.1 Å². The number of hydrogen-bond donors (Lipinski definition) is 3. The molecule has 0 unspecified atom stereocenters. The predicted molar refractivity (Wildman–Crippen MR) is 111 cm³/mol. The minimum absolute atomic E-state index is 0.238. The third-order valence-electron chi connectivity index (χ3n) is 4.54. The van der Waals surface area contributed by atoms with E-state index in [9.17, 15) is 4.79 Å². The van der Waals surface area contributed by atoms with Crippen LogP contribution in [0.25, 0.3) is 11.1 Å². The number of thiazole rings is 1. The van der Waals surface area contributed by atoms with E-state index >= 15 is 0 Å². The molecule has 1 fully saturated rings. The van der Waals surface area contributed by atoms with Gasteiger partial charge in [-0.05, 0) is 23.3 Å². The van der Waals surface area contributed by atoms with E-state index in [0.29, 0.717) is 16.4 Å². The Labute approximate surface area is 162 Å². The van der Waals surface area contributed by atoms with Gasteiger partial charge in [0.05, 0.1) is 11.4 Å². The van der Waals surface area contributed by atoms with E-state index in [1.165, 1.54) is 11.3 Å². The molecule has 4 N–H and O–H groups in total. The molecule has 6 nitrogen and oxygen atoms in total. The number of aromatic nitrogens is 1. The number of nitrogen functional groups attached to an aromatic ring is 1. The predicted octanol–water partition coefficient (Wildman–Crippen LogP) is 3.05. The molecule has 0 aliphatic carbocycles. The third kappa shape index (κ3) is 3.94. The van der Waals surface area contributed by atoms with Gasteiger partial charge in [-0.25, -0.2) is 4.98 Å². The largest absolute Gasteiger partial charge is 0.397 e. The van der Waals surface area contributed by atoms with E-state index in [1.807, 2.05) is 53.9 Å². The van der Waals surface area contributed by atoms with E-state index in [0.717, 1.165) is 43.1 Å². The second kappa shape index (κ2) is 7.77. The standard InChI is InChI=1S/C20H21N5OS/c21-16-7-6-15(14-4-2-1-3-5-14)12-17(16)23-19(26)20-24-18(13-27-20)25-10-8-22-9-11-25/h1-7,12-13,22H,8-11,21H2,(H,23,26). The Morgan fingerprint density at radius 2 is 1.89 bits per heavy atom. The van der Waals surface area contributed by atoms with Gasteiger partial charge in [-0.3, -0.25) is 4.79 Å². The van der Waals surface area contributed by atoms with Crippen LogP contribution < -0.4 is 21.3 Å². The summed E-state index contributed by atoms with van der Waals surface area (Å²) < 4.78 is 0. The van der Waals surface area contributed by atoms with Gasteiger partial charge < -0.3 is 21.3 Å². The summed E-state index contributed by atoms with van der Waals surface area (Å²) in [5, 5.41) is 8.59. The van der Waals surface area contributed by atoms with Crippen molar-refractivity contribution >= 4 is 34.4 Å². The highest BCUT2D eigenvalue weighted by Gasteiger charge is 2.17. The summed E-state index contributed by atoms with van der Waals surface area (Å²) in [6, 6.07) is 15.7. The molecule has 0 atom stereocenters. The fraction of sp³-hybridized carbons (Fsp3) is 0.200. The summed E-state index contributed by atoms with van der Waals surface area (Å²) in [5.41, 5.74) is 9.27. The Kier molecular flexibility index (Phi) is 5.04. The number of nitrogens with two attached hydrogens (primary N) is 1. The number of nitrogens with one attached hydrogen (secondary N) is 2. The zero-order valence-electron chi connectivity index (χ0n) is 14.8. The van der Waals surface area contributed by atoms with Crippen LogP contribution in [-0.2, 0) is 0 Å². The van der Waals surface area contributed by atoms with Crippen molar-refractivity contribution in [2.45, 2.75) is 0 Å². The quantitative estimate of drug-likeness (QED) is 0.607. The highest BCUT2D eigenvalue weighted by atomic mass is 32.1. The van der Waals surface area contributed by atoms with Crippen molar-refractivity contribution < 1.29 is 4.79 Å². The maximum absolute atomic E-state index is 12.7. The normalized spacial score (nSPS) is 14.1. The highest BCUT2D eigenvalue weighted by Crippen LogP contribution is 2.28. The van der Waals surface area contributed by atoms with Gasteiger partial charge in [0.15, 0.2) is 5.01 Å². The molecule has 1 aliphatic heterocycles. The first kappa shape index (κ1) is 17.5. The number of benzene rings is 2. The Balaban J connectivity index is 1.52. The lowest BCUT2D eigenvalue weighted by atomic mass is 10.0. The van der Waals surface area contributed by atoms with Gasteiger partial charge in [0.25, 0.3) is 5.91 Å². The van der Waals surface area contributed by atoms with Gasteiger partial charge in [-0.1, -0.05) is 36.4 Å². The van der Waals surface area contributed by atoms with Crippen molar-refractivity contribution in [1.29, 1.82) is 0 Å². The Bertz CT molecular complexity index is 935. The molecule has 1 saturated heterocycles. The van der Waals surface area contributed by atoms with Crippen LogP contribution in [0.15, 0.2) is 53.9 Å². The minimum Gasteiger partial charge on any atom is -0.397 e. The van der Waals surface area contributed by atoms with Crippen molar-refractivity contribution in [3.63, 3.8) is 0 Å². The first-order valence-electron chi connectivity index (χ1n) is 8.88. The summed E-state index contributed by atoms with van der Waals surface area (Å²) in [7, 11) is 0. The van der Waals surface area contributed by atoms with Crippen molar-refractivity contribution in [2.24, 2.45) is 0 Å². The molecule has 7 heteroatoms. The number of carbonyl (C=O) groups is 1. The number of hydrogen-bond acceptors (Lipinski definition) is 6. The van der Waals surface area contributed by atoms with Crippen molar-refractivity contribution in [1.82, 2.24) is 10.3 Å². The molecular formula is C20H21N5OS. The fourth-order valence-electron chi connectivity index (χ4n) is 3.06. The van der Waals surface area contributed by atoms with Gasteiger partial charge in [0, 0.05) is 31.6 Å². The summed E-state index contributed by atoms with van der Waals surface area (Å²) >= 11 is 1.35. The van der Waals surface area contributed by atoms with Gasteiger partial charge in [0.2, 0.25) is 0 Å². The van der Waals surface area contributed by atoms with Gasteiger partial charge in [-0.15, -0.1) is 11.3 Å². The molecule has 2 heterocycles. The number of anilines is 3. The number of piperazine rings is 1. The Morgan fingerprint density at radius 3 is 2.67 bits per heavy atom. The summed E-state index contributed by atoms with van der Waals surface area (Å²) in [6.45, 7) is 3.66. The molecule has 27 heavy (non-hydrogen) atoms. The van der Waals surface area contributed by atoms with Crippen LogP contribution in [0, 0.1) is 0 Å². The molecule has 4 rings (SSSR count). The molecule has 1 aliphatic rings. The van der Waals surface area contributed by atoms with E-state index in [4.69, 9.17) is 5.73 Å². The van der Waals surface area contributed by atoms with E-state index in [-0.39, 0.29) is 5.91 Å². The van der Waals surface area contributed by atoms with E-state index < -0.39 is 0 Å². The minimum atomic E-state index is -0.238. The average molecular weight is 379 g/mol. The van der Waals surface area contributed by atoms with Gasteiger partial charge in [0.1, 0.15) is 5.82 Å². The first-order chi connectivity index (χ1) is 13.2. The van der Waals surface area contributed by atoms with Crippen LogP contribution in [0.1, 0.15) is 9.80 Å². The maximum atomic E-state index is 12.7. The SMILES string of the molecule is Nc1ccc(-c2ccccc2)cc1NC(=O)c1nc(N2CCNCC2)cs1. The van der Waals surface area contributed by atoms with Crippen molar-refractivity contribution in [3.8, 4) is 11.1 Å². The van der Waals surface area contributed by atoms with Crippen LogP contribution in [0.2, 0.25) is 0 Å². The number of carbonyl (C=O) groups excluding carboxylic acids is 1. The first-order valence-corrected chi connectivity index (χ1v) is 9.76. The maximum Gasteiger partial charge on any atom is 0.284 e. The molecule has 0 radical (unpaired) electrons. The monoisotopic (exact) mass is 379 g/mol. The zero-order valence-corrected chi connectivity index (χ0v) is 15.6. The third-order valence-corrected chi connectivity index (χ3v) is 5.36. The smallest absolute Gasteiger partial charge is 0.284 e. The lowest BCUT2D eigenvalue weighted by Crippen LogP contribution is -2.43. The molecule has 1 amide bonds. The number of amides is 1. The topological polar surface area (TPSA) is 83.3 Å². The summed E-state index contributed by atoms with van der Waals surface area (Å²) in [5.74, 6) is 0.621. The second-order valence-corrected chi connectivity index (χ2v) is 7.23. The molecule has 0 bridgehead atoms. The van der Waals surface area contributed by atoms with Crippen LogP contribution in [0.5, 0.6) is 0 Å². The van der Waals surface area contributed by atoms with Gasteiger partial charge >= 0.3 is 0 Å². The van der Waals surface area contributed by atoms with Crippen LogP contribution in [0.4, 0.5) is 17.2 Å². The van der Waals surface area contributed by atoms with Crippen LogP contribution in [-0.4, -0.2) is 37.1 Å². The summed E-state index contributed by atoms with van der Waals surface area (Å²) in [6.07, 6.45) is 0. The molecule has 1 aromatic heterocycles. The van der Waals surface area contributed by atoms with Gasteiger partial charge in [-0.2, -0.15) is 0 Å². The molecule has 138 valence electrons. The van der Waals surface area contributed by atoms with E-state index in [1.54, 1.807) is 0 Å². The molecular weight excluding hydrogens is 358 g/mol. The fourth-order valence-corrected chi connectivity index (χ4v) is 3.78. The lowest BCUT2D eigenvalue weighted by Gasteiger charge is -2.27. The van der Waals surface area contributed by atoms with Crippen molar-refractivity contribution in [3.05, 3.63) is 58.9 Å². The lowest BCUT2D eigenvalue weighted by molar-refractivity contribution is 0.102. The van der Waals surface area contributed by atoms with Crippen LogP contribution >= 0.6 is 11.3 Å². The second-order valence-electron chi connectivity index (χ2n) is 6.37. The Hall–Kier alpha value is -2.90. The molecule has 3 aromatic rings.